The number of piperidine rings is 1. The number of ether oxygens (including phenoxy) is 2. The van der Waals surface area contributed by atoms with Gasteiger partial charge in [-0.05, 0) is 43.7 Å². The number of anilines is 2. The first-order chi connectivity index (χ1) is 21.5. The highest BCUT2D eigenvalue weighted by atomic mass is 32.2. The van der Waals surface area contributed by atoms with E-state index < -0.39 is 25.3 Å². The quantitative estimate of drug-likeness (QED) is 0.141. The number of hydrogen-bond donors (Lipinski definition) is 2. The molecule has 0 bridgehead atoms. The van der Waals surface area contributed by atoms with Gasteiger partial charge < -0.3 is 34.2 Å². The summed E-state index contributed by atoms with van der Waals surface area (Å²) in [7, 11) is 0.273. The molecule has 2 aliphatic rings. The molecule has 1 aromatic carbocycles. The van der Waals surface area contributed by atoms with Gasteiger partial charge in [-0.2, -0.15) is 0 Å². The Balaban J connectivity index is 1.54. The Labute approximate surface area is 274 Å². The summed E-state index contributed by atoms with van der Waals surface area (Å²) in [6.07, 6.45) is 7.83. The first-order valence-corrected chi connectivity index (χ1v) is 21.6. The van der Waals surface area contributed by atoms with Gasteiger partial charge in [0.25, 0.3) is 0 Å². The van der Waals surface area contributed by atoms with Crippen molar-refractivity contribution in [1.29, 1.82) is 0 Å². The molecule has 1 aromatic heterocycles. The second-order valence-corrected chi connectivity index (χ2v) is 20.7. The minimum absolute atomic E-state index is 0.0160. The average Bonchev–Trinajstić information content (AvgIpc) is 3.39. The minimum Gasteiger partial charge on any atom is -0.546 e. The summed E-state index contributed by atoms with van der Waals surface area (Å²) in [5, 5.41) is 13.7. The van der Waals surface area contributed by atoms with E-state index in [-0.39, 0.29) is 24.2 Å². The van der Waals surface area contributed by atoms with Gasteiger partial charge in [-0.25, -0.2) is 4.79 Å². The molecule has 45 heavy (non-hydrogen) atoms. The highest BCUT2D eigenvalue weighted by Crippen LogP contribution is 2.38. The molecule has 4 rings (SSSR count). The zero-order valence-corrected chi connectivity index (χ0v) is 29.8. The van der Waals surface area contributed by atoms with E-state index in [4.69, 9.17) is 9.47 Å². The van der Waals surface area contributed by atoms with Crippen LogP contribution in [-0.2, 0) is 9.47 Å². The van der Waals surface area contributed by atoms with Crippen LogP contribution in [0, 0.1) is 11.8 Å². The Hall–Kier alpha value is -2.25. The number of rotatable bonds is 16. The molecule has 2 fully saturated rings. The fourth-order valence-electron chi connectivity index (χ4n) is 6.66. The molecular formula is C33H55N5O5SSi. The van der Waals surface area contributed by atoms with Gasteiger partial charge in [-0.1, -0.05) is 82.1 Å². The Morgan fingerprint density at radius 1 is 1.16 bits per heavy atom. The van der Waals surface area contributed by atoms with Gasteiger partial charge in [0.05, 0.1) is 18.8 Å². The summed E-state index contributed by atoms with van der Waals surface area (Å²) in [5.41, 5.74) is 1.14. The summed E-state index contributed by atoms with van der Waals surface area (Å²) in [6.45, 7) is 11.7. The normalized spacial score (nSPS) is 20.4. The van der Waals surface area contributed by atoms with Gasteiger partial charge in [-0.15, -0.1) is 0 Å². The van der Waals surface area contributed by atoms with Crippen molar-refractivity contribution in [2.75, 3.05) is 50.1 Å². The Morgan fingerprint density at radius 2 is 1.89 bits per heavy atom. The number of aromatic nitrogens is 2. The van der Waals surface area contributed by atoms with Crippen molar-refractivity contribution >= 4 is 36.9 Å². The molecule has 1 saturated heterocycles. The van der Waals surface area contributed by atoms with Gasteiger partial charge in [0.2, 0.25) is 11.6 Å². The number of benzene rings is 1. The summed E-state index contributed by atoms with van der Waals surface area (Å²) in [5.74, 6) is 1.88. The van der Waals surface area contributed by atoms with Crippen LogP contribution >= 0.6 is 11.1 Å². The fourth-order valence-corrected chi connectivity index (χ4v) is 8.28. The number of amides is 1. The van der Waals surface area contributed by atoms with E-state index in [0.717, 1.165) is 50.3 Å². The first kappa shape index (κ1) is 35.6. The van der Waals surface area contributed by atoms with Gasteiger partial charge in [-0.3, -0.25) is 0 Å². The second kappa shape index (κ2) is 17.1. The highest BCUT2D eigenvalue weighted by molar-refractivity contribution is 7.14. The van der Waals surface area contributed by atoms with E-state index in [0.29, 0.717) is 43.8 Å². The Bertz CT molecular complexity index is 1180. The van der Waals surface area contributed by atoms with Crippen LogP contribution in [-0.4, -0.2) is 89.5 Å². The van der Waals surface area contributed by atoms with E-state index in [1.54, 1.807) is 12.0 Å². The average molecular weight is 662 g/mol. The van der Waals surface area contributed by atoms with Crippen LogP contribution in [0.5, 0.6) is 0 Å². The molecule has 12 heteroatoms. The van der Waals surface area contributed by atoms with Crippen LogP contribution in [0.3, 0.4) is 0 Å². The maximum absolute atomic E-state index is 12.8. The number of methoxy groups -OCH3 is 1. The van der Waals surface area contributed by atoms with Gasteiger partial charge >= 0.3 is 6.09 Å². The van der Waals surface area contributed by atoms with E-state index in [2.05, 4.69) is 50.7 Å². The molecule has 1 aliphatic carbocycles. The Kier molecular flexibility index (Phi) is 13.5. The van der Waals surface area contributed by atoms with Crippen LogP contribution in [0.1, 0.15) is 70.0 Å². The van der Waals surface area contributed by atoms with Crippen molar-refractivity contribution in [1.82, 2.24) is 13.6 Å². The van der Waals surface area contributed by atoms with Crippen LogP contribution in [0.25, 0.3) is 0 Å². The van der Waals surface area contributed by atoms with Gasteiger partial charge in [0.1, 0.15) is 0 Å². The molecule has 10 nitrogen and oxygen atoms in total. The lowest BCUT2D eigenvalue weighted by molar-refractivity contribution is -0.0461. The molecular weight excluding hydrogens is 607 g/mol. The summed E-state index contributed by atoms with van der Waals surface area (Å²) < 4.78 is 33.7. The second-order valence-electron chi connectivity index (χ2n) is 14.3. The summed E-state index contributed by atoms with van der Waals surface area (Å²) >= 11 is -1.71. The lowest BCUT2D eigenvalue weighted by Crippen LogP contribution is -2.43. The minimum atomic E-state index is -1.71. The fraction of sp³-hybridized carbons (Fsp3) is 0.727. The molecule has 0 radical (unpaired) electrons. The molecule has 0 spiro atoms. The van der Waals surface area contributed by atoms with Crippen molar-refractivity contribution in [2.24, 2.45) is 11.8 Å². The predicted octanol–water partition coefficient (Wildman–Crippen LogP) is 7.28. The molecule has 1 amide bonds. The third-order valence-electron chi connectivity index (χ3n) is 9.30. The monoisotopic (exact) mass is 661 g/mol. The first-order valence-electron chi connectivity index (χ1n) is 16.8. The van der Waals surface area contributed by atoms with Crippen molar-refractivity contribution in [3.05, 3.63) is 35.9 Å². The SMILES string of the molecule is COC(C)COC(c1ccccc1)C1CCCN(c2n[s+]([O-])nc2N[C@@H](CC2CCCCC2)CN(CC[Si](C)(C)C)C(=O)O)C1. The predicted molar refractivity (Wildman–Crippen MR) is 184 cm³/mol. The molecule has 5 atom stereocenters. The van der Waals surface area contributed by atoms with E-state index >= 15 is 0 Å². The number of hydrogen-bond acceptors (Lipinski definition) is 8. The molecule has 2 aromatic rings. The summed E-state index contributed by atoms with van der Waals surface area (Å²) in [4.78, 5) is 16.1. The van der Waals surface area contributed by atoms with Crippen LogP contribution in [0.15, 0.2) is 30.3 Å². The van der Waals surface area contributed by atoms with Crippen LogP contribution < -0.4 is 10.2 Å². The van der Waals surface area contributed by atoms with Gasteiger partial charge in [0, 0.05) is 62.1 Å². The third-order valence-corrected chi connectivity index (χ3v) is 11.7. The van der Waals surface area contributed by atoms with E-state index in [1.807, 2.05) is 25.1 Å². The zero-order valence-electron chi connectivity index (χ0n) is 28.0. The largest absolute Gasteiger partial charge is 0.546 e. The lowest BCUT2D eigenvalue weighted by Gasteiger charge is -2.37. The molecule has 2 N–H and O–H groups in total. The standard InChI is InChI=1S/C33H55N5O5SSi/c1-25(42-2)24-43-30(27-15-10-7-11-16-27)28-17-12-18-37(22-28)32-31(35-44(41)36-32)34-29(21-26-13-8-6-9-14-26)23-38(33(39)40)19-20-45(3,4)5/h7,10-11,15-16,25-26,28-30H,6,8-9,12-14,17-24H2,1-5H3,(H,34,35)(H,39,40)/t25?,28?,29-,30?,44?/m0/s1. The lowest BCUT2D eigenvalue weighted by atomic mass is 9.84. The molecule has 2 heterocycles. The smallest absolute Gasteiger partial charge is 0.407 e. The van der Waals surface area contributed by atoms with Crippen molar-refractivity contribution in [3.63, 3.8) is 0 Å². The highest BCUT2D eigenvalue weighted by Gasteiger charge is 2.34. The maximum atomic E-state index is 12.8. The molecule has 252 valence electrons. The Morgan fingerprint density at radius 3 is 2.56 bits per heavy atom. The van der Waals surface area contributed by atoms with Gasteiger partial charge in [0.15, 0.2) is 11.1 Å². The zero-order chi connectivity index (χ0) is 32.4. The molecule has 4 unspecified atom stereocenters. The van der Waals surface area contributed by atoms with Crippen LogP contribution in [0.4, 0.5) is 16.4 Å². The number of carboxylic acid groups (broad SMARTS) is 1. The number of nitrogens with zero attached hydrogens (tertiary/aromatic N) is 4. The van der Waals surface area contributed by atoms with Crippen molar-refractivity contribution in [2.45, 2.75) is 102 Å². The number of nitrogens with one attached hydrogen (secondary N) is 1. The molecule has 1 aliphatic heterocycles. The van der Waals surface area contributed by atoms with Crippen molar-refractivity contribution < 1.29 is 23.9 Å². The summed E-state index contributed by atoms with van der Waals surface area (Å²) in [6, 6.07) is 11.1. The number of carbonyl (C=O) groups is 1. The third kappa shape index (κ3) is 11.2. The maximum Gasteiger partial charge on any atom is 0.407 e. The molecule has 1 saturated carbocycles. The van der Waals surface area contributed by atoms with E-state index in [9.17, 15) is 14.5 Å². The van der Waals surface area contributed by atoms with Crippen molar-refractivity contribution in [3.8, 4) is 0 Å². The topological polar surface area (TPSA) is 123 Å². The van der Waals surface area contributed by atoms with E-state index in [1.165, 1.54) is 19.3 Å². The van der Waals surface area contributed by atoms with Crippen LogP contribution in [0.2, 0.25) is 25.7 Å².